The van der Waals surface area contributed by atoms with Gasteiger partial charge in [-0.3, -0.25) is 4.79 Å². The standard InChI is InChI=1S/C13H24N2O2/c16-12(15-10-13(17)6-2-7-13)5-4-11-3-1-8-14-9-11/h11,14,17H,1-10H2,(H,15,16). The van der Waals surface area contributed by atoms with Crippen LogP contribution < -0.4 is 10.6 Å². The fourth-order valence-corrected chi connectivity index (χ4v) is 2.62. The van der Waals surface area contributed by atoms with Crippen molar-refractivity contribution in [2.75, 3.05) is 19.6 Å². The summed E-state index contributed by atoms with van der Waals surface area (Å²) in [5.41, 5.74) is -0.595. The number of amides is 1. The highest BCUT2D eigenvalue weighted by atomic mass is 16.3. The number of hydrogen-bond donors (Lipinski definition) is 3. The second kappa shape index (κ2) is 5.83. The van der Waals surface area contributed by atoms with E-state index in [9.17, 15) is 9.90 Å². The third-order valence-corrected chi connectivity index (χ3v) is 4.08. The fourth-order valence-electron chi connectivity index (χ4n) is 2.62. The molecule has 2 rings (SSSR count). The molecule has 17 heavy (non-hydrogen) atoms. The predicted molar refractivity (Wildman–Crippen MR) is 66.6 cm³/mol. The van der Waals surface area contributed by atoms with Crippen molar-refractivity contribution in [2.24, 2.45) is 5.92 Å². The van der Waals surface area contributed by atoms with Crippen molar-refractivity contribution in [1.29, 1.82) is 0 Å². The van der Waals surface area contributed by atoms with Gasteiger partial charge >= 0.3 is 0 Å². The lowest BCUT2D eigenvalue weighted by atomic mass is 9.80. The molecule has 1 saturated heterocycles. The Morgan fingerprint density at radius 1 is 1.41 bits per heavy atom. The van der Waals surface area contributed by atoms with E-state index in [0.717, 1.165) is 38.8 Å². The number of piperidine rings is 1. The molecule has 4 nitrogen and oxygen atoms in total. The Morgan fingerprint density at radius 2 is 2.24 bits per heavy atom. The SMILES string of the molecule is O=C(CCC1CCCNC1)NCC1(O)CCC1. The maximum atomic E-state index is 11.6. The van der Waals surface area contributed by atoms with Gasteiger partial charge in [-0.1, -0.05) is 0 Å². The summed E-state index contributed by atoms with van der Waals surface area (Å²) in [6.07, 6.45) is 6.79. The van der Waals surface area contributed by atoms with Crippen LogP contribution in [0.5, 0.6) is 0 Å². The van der Waals surface area contributed by atoms with E-state index in [-0.39, 0.29) is 5.91 Å². The molecule has 1 amide bonds. The molecule has 2 aliphatic rings. The Kier molecular flexibility index (Phi) is 4.40. The molecule has 4 heteroatoms. The van der Waals surface area contributed by atoms with E-state index in [2.05, 4.69) is 10.6 Å². The van der Waals surface area contributed by atoms with Gasteiger partial charge in [-0.05, 0) is 57.5 Å². The van der Waals surface area contributed by atoms with Crippen LogP contribution in [0.1, 0.15) is 44.9 Å². The van der Waals surface area contributed by atoms with E-state index < -0.39 is 5.60 Å². The second-order valence-corrected chi connectivity index (χ2v) is 5.61. The Bertz CT molecular complexity index is 258. The van der Waals surface area contributed by atoms with Gasteiger partial charge in [0.05, 0.1) is 5.60 Å². The zero-order valence-electron chi connectivity index (χ0n) is 10.5. The van der Waals surface area contributed by atoms with Gasteiger partial charge in [-0.25, -0.2) is 0 Å². The summed E-state index contributed by atoms with van der Waals surface area (Å²) >= 11 is 0. The van der Waals surface area contributed by atoms with Crippen molar-refractivity contribution < 1.29 is 9.90 Å². The van der Waals surface area contributed by atoms with E-state index in [1.807, 2.05) is 0 Å². The highest BCUT2D eigenvalue weighted by Gasteiger charge is 2.34. The van der Waals surface area contributed by atoms with Gasteiger partial charge in [-0.2, -0.15) is 0 Å². The van der Waals surface area contributed by atoms with Crippen LogP contribution in [0.3, 0.4) is 0 Å². The Balaban J connectivity index is 1.57. The minimum Gasteiger partial charge on any atom is -0.388 e. The van der Waals surface area contributed by atoms with E-state index >= 15 is 0 Å². The van der Waals surface area contributed by atoms with E-state index in [1.165, 1.54) is 12.8 Å². The maximum absolute atomic E-state index is 11.6. The van der Waals surface area contributed by atoms with Crippen molar-refractivity contribution in [1.82, 2.24) is 10.6 Å². The first kappa shape index (κ1) is 12.8. The first-order valence-electron chi connectivity index (χ1n) is 6.88. The summed E-state index contributed by atoms with van der Waals surface area (Å²) in [7, 11) is 0. The molecule has 1 aliphatic carbocycles. The molecule has 0 aromatic carbocycles. The van der Waals surface area contributed by atoms with E-state index in [4.69, 9.17) is 0 Å². The molecule has 98 valence electrons. The minimum atomic E-state index is -0.595. The van der Waals surface area contributed by atoms with E-state index in [1.54, 1.807) is 0 Å². The lowest BCUT2D eigenvalue weighted by Gasteiger charge is -2.36. The molecule has 0 aromatic rings. The molecule has 3 N–H and O–H groups in total. The molecule has 1 atom stereocenters. The molecular formula is C13H24N2O2. The Hall–Kier alpha value is -0.610. The summed E-state index contributed by atoms with van der Waals surface area (Å²) < 4.78 is 0. The Morgan fingerprint density at radius 3 is 2.82 bits per heavy atom. The normalized spacial score (nSPS) is 27.2. The maximum Gasteiger partial charge on any atom is 0.220 e. The van der Waals surface area contributed by atoms with Gasteiger partial charge < -0.3 is 15.7 Å². The summed E-state index contributed by atoms with van der Waals surface area (Å²) in [5.74, 6) is 0.747. The summed E-state index contributed by atoms with van der Waals surface area (Å²) in [4.78, 5) is 11.6. The van der Waals surface area contributed by atoms with Crippen LogP contribution >= 0.6 is 0 Å². The minimum absolute atomic E-state index is 0.0934. The summed E-state index contributed by atoms with van der Waals surface area (Å²) in [5, 5.41) is 16.1. The molecule has 1 unspecified atom stereocenters. The van der Waals surface area contributed by atoms with Crippen molar-refractivity contribution in [3.05, 3.63) is 0 Å². The van der Waals surface area contributed by atoms with Crippen molar-refractivity contribution in [3.63, 3.8) is 0 Å². The topological polar surface area (TPSA) is 61.4 Å². The van der Waals surface area contributed by atoms with Gasteiger partial charge in [0.1, 0.15) is 0 Å². The fraction of sp³-hybridized carbons (Fsp3) is 0.923. The van der Waals surface area contributed by atoms with Crippen LogP contribution in [-0.2, 0) is 4.79 Å². The lowest BCUT2D eigenvalue weighted by Crippen LogP contribution is -2.47. The molecule has 0 radical (unpaired) electrons. The number of nitrogens with one attached hydrogen (secondary N) is 2. The average molecular weight is 240 g/mol. The molecule has 0 bridgehead atoms. The number of aliphatic hydroxyl groups is 1. The molecule has 0 aromatic heterocycles. The molecular weight excluding hydrogens is 216 g/mol. The summed E-state index contributed by atoms with van der Waals surface area (Å²) in [6, 6.07) is 0. The van der Waals surface area contributed by atoms with Gasteiger partial charge in [-0.15, -0.1) is 0 Å². The molecule has 1 heterocycles. The van der Waals surface area contributed by atoms with Crippen LogP contribution in [0.2, 0.25) is 0 Å². The smallest absolute Gasteiger partial charge is 0.220 e. The molecule has 1 saturated carbocycles. The van der Waals surface area contributed by atoms with Crippen molar-refractivity contribution >= 4 is 5.91 Å². The largest absolute Gasteiger partial charge is 0.388 e. The highest BCUT2D eigenvalue weighted by Crippen LogP contribution is 2.30. The Labute approximate surface area is 103 Å². The van der Waals surface area contributed by atoms with Crippen LogP contribution in [0.25, 0.3) is 0 Å². The zero-order chi connectivity index (χ0) is 12.1. The quantitative estimate of drug-likeness (QED) is 0.666. The number of carbonyl (C=O) groups is 1. The molecule has 1 aliphatic heterocycles. The molecule has 2 fully saturated rings. The third-order valence-electron chi connectivity index (χ3n) is 4.08. The van der Waals surface area contributed by atoms with Gasteiger partial charge in [0, 0.05) is 13.0 Å². The van der Waals surface area contributed by atoms with Gasteiger partial charge in [0.2, 0.25) is 5.91 Å². The predicted octanol–water partition coefficient (Wildman–Crippen LogP) is 0.797. The monoisotopic (exact) mass is 240 g/mol. The first-order valence-corrected chi connectivity index (χ1v) is 6.88. The van der Waals surface area contributed by atoms with Crippen LogP contribution in [0, 0.1) is 5.92 Å². The average Bonchev–Trinajstić information content (AvgIpc) is 2.33. The zero-order valence-corrected chi connectivity index (χ0v) is 10.5. The highest BCUT2D eigenvalue weighted by molar-refractivity contribution is 5.75. The lowest BCUT2D eigenvalue weighted by molar-refractivity contribution is -0.123. The van der Waals surface area contributed by atoms with Crippen LogP contribution in [-0.4, -0.2) is 36.2 Å². The summed E-state index contributed by atoms with van der Waals surface area (Å²) in [6.45, 7) is 2.61. The number of carbonyl (C=O) groups excluding carboxylic acids is 1. The van der Waals surface area contributed by atoms with Gasteiger partial charge in [0.15, 0.2) is 0 Å². The number of hydrogen-bond acceptors (Lipinski definition) is 3. The van der Waals surface area contributed by atoms with Crippen molar-refractivity contribution in [2.45, 2.75) is 50.5 Å². The van der Waals surface area contributed by atoms with E-state index in [0.29, 0.717) is 18.9 Å². The first-order chi connectivity index (χ1) is 8.18. The van der Waals surface area contributed by atoms with Crippen LogP contribution in [0.4, 0.5) is 0 Å². The third kappa shape index (κ3) is 3.96. The van der Waals surface area contributed by atoms with Gasteiger partial charge in [0.25, 0.3) is 0 Å². The van der Waals surface area contributed by atoms with Crippen molar-refractivity contribution in [3.8, 4) is 0 Å². The van der Waals surface area contributed by atoms with Crippen LogP contribution in [0.15, 0.2) is 0 Å². The molecule has 0 spiro atoms. The second-order valence-electron chi connectivity index (χ2n) is 5.61. The number of rotatable bonds is 5.